The lowest BCUT2D eigenvalue weighted by atomic mass is 10.1. The van der Waals surface area contributed by atoms with Crippen LogP contribution in [0.15, 0.2) is 12.2 Å². The zero-order chi connectivity index (χ0) is 14.3. The third-order valence-corrected chi connectivity index (χ3v) is 3.55. The molecule has 0 bridgehead atoms. The van der Waals surface area contributed by atoms with Crippen molar-refractivity contribution in [3.8, 4) is 0 Å². The maximum absolute atomic E-state index is 11.6. The zero-order valence-electron chi connectivity index (χ0n) is 12.3. The second kappa shape index (κ2) is 7.97. The molecule has 2 amide bonds. The molecule has 0 aromatic carbocycles. The van der Waals surface area contributed by atoms with Crippen LogP contribution in [0, 0.1) is 0 Å². The van der Waals surface area contributed by atoms with E-state index in [0.29, 0.717) is 11.5 Å². The van der Waals surface area contributed by atoms with Gasteiger partial charge in [0.1, 0.15) is 0 Å². The smallest absolute Gasteiger partial charge is 0.248 e. The van der Waals surface area contributed by atoms with E-state index in [1.165, 1.54) is 0 Å². The highest BCUT2D eigenvalue weighted by molar-refractivity contribution is 5.91. The van der Waals surface area contributed by atoms with Gasteiger partial charge in [-0.3, -0.25) is 9.59 Å². The quantitative estimate of drug-likeness (QED) is 0.499. The van der Waals surface area contributed by atoms with Crippen LogP contribution in [0.25, 0.3) is 0 Å². The van der Waals surface area contributed by atoms with Crippen LogP contribution in [-0.2, 0) is 9.59 Å². The molecule has 0 aliphatic carbocycles. The van der Waals surface area contributed by atoms with Crippen molar-refractivity contribution in [3.63, 3.8) is 0 Å². The van der Waals surface area contributed by atoms with Gasteiger partial charge < -0.3 is 9.80 Å². The van der Waals surface area contributed by atoms with Gasteiger partial charge >= 0.3 is 0 Å². The zero-order valence-corrected chi connectivity index (χ0v) is 12.3. The van der Waals surface area contributed by atoms with E-state index < -0.39 is 0 Å². The van der Waals surface area contributed by atoms with E-state index in [9.17, 15) is 9.59 Å². The van der Waals surface area contributed by atoms with Gasteiger partial charge in [-0.2, -0.15) is 0 Å². The summed E-state index contributed by atoms with van der Waals surface area (Å²) in [6.07, 6.45) is 6.07. The molecule has 0 saturated carbocycles. The summed E-state index contributed by atoms with van der Waals surface area (Å²) < 4.78 is 0. The largest absolute Gasteiger partial charge is 0.343 e. The highest BCUT2D eigenvalue weighted by Crippen LogP contribution is 2.11. The molecule has 1 saturated heterocycles. The van der Waals surface area contributed by atoms with Gasteiger partial charge in [-0.25, -0.2) is 0 Å². The van der Waals surface area contributed by atoms with Crippen molar-refractivity contribution in [3.05, 3.63) is 12.2 Å². The average molecular weight is 266 g/mol. The summed E-state index contributed by atoms with van der Waals surface area (Å²) in [5.74, 6) is 0.342. The van der Waals surface area contributed by atoms with E-state index in [1.807, 2.05) is 11.9 Å². The minimum absolute atomic E-state index is 0.0302. The van der Waals surface area contributed by atoms with Crippen molar-refractivity contribution in [1.82, 2.24) is 9.80 Å². The maximum Gasteiger partial charge on any atom is 0.248 e. The Labute approximate surface area is 116 Å². The van der Waals surface area contributed by atoms with Crippen LogP contribution in [-0.4, -0.2) is 48.3 Å². The molecule has 4 heteroatoms. The lowest BCUT2D eigenvalue weighted by molar-refractivity contribution is -0.128. The number of hydrogen-bond donors (Lipinski definition) is 0. The van der Waals surface area contributed by atoms with Gasteiger partial charge in [0.25, 0.3) is 0 Å². The van der Waals surface area contributed by atoms with Gasteiger partial charge in [0.15, 0.2) is 0 Å². The lowest BCUT2D eigenvalue weighted by Crippen LogP contribution is -2.28. The summed E-state index contributed by atoms with van der Waals surface area (Å²) in [7, 11) is 1.82. The average Bonchev–Trinajstić information content (AvgIpc) is 2.78. The number of amides is 2. The standard InChI is InChI=1S/C15H26N2O2/c1-13(2)15(19)16(3)10-6-4-5-7-11-17-12-8-9-14(17)18/h1,4-12H2,2-3H3. The number of hydrogen-bond acceptors (Lipinski definition) is 2. The van der Waals surface area contributed by atoms with E-state index in [4.69, 9.17) is 0 Å². The first-order chi connectivity index (χ1) is 9.02. The van der Waals surface area contributed by atoms with Crippen molar-refractivity contribution in [2.75, 3.05) is 26.7 Å². The van der Waals surface area contributed by atoms with Crippen LogP contribution < -0.4 is 0 Å². The number of likely N-dealkylation sites (N-methyl/N-ethyl adjacent to an activating group) is 1. The monoisotopic (exact) mass is 266 g/mol. The fraction of sp³-hybridized carbons (Fsp3) is 0.733. The molecule has 0 radical (unpaired) electrons. The Morgan fingerprint density at radius 3 is 2.58 bits per heavy atom. The Morgan fingerprint density at radius 2 is 2.00 bits per heavy atom. The summed E-state index contributed by atoms with van der Waals surface area (Å²) in [5, 5.41) is 0. The summed E-state index contributed by atoms with van der Waals surface area (Å²) in [4.78, 5) is 26.6. The molecule has 108 valence electrons. The Balaban J connectivity index is 2.00. The molecule has 1 heterocycles. The molecular weight excluding hydrogens is 240 g/mol. The van der Waals surface area contributed by atoms with Gasteiger partial charge in [-0.05, 0) is 26.2 Å². The summed E-state index contributed by atoms with van der Waals surface area (Å²) in [6.45, 7) is 8.03. The van der Waals surface area contributed by atoms with Crippen molar-refractivity contribution in [2.45, 2.75) is 45.4 Å². The van der Waals surface area contributed by atoms with E-state index >= 15 is 0 Å². The summed E-state index contributed by atoms with van der Waals surface area (Å²) >= 11 is 0. The van der Waals surface area contributed by atoms with E-state index in [-0.39, 0.29) is 5.91 Å². The highest BCUT2D eigenvalue weighted by Gasteiger charge is 2.18. The first kappa shape index (κ1) is 15.7. The highest BCUT2D eigenvalue weighted by atomic mass is 16.2. The molecule has 0 spiro atoms. The van der Waals surface area contributed by atoms with E-state index in [0.717, 1.165) is 58.2 Å². The fourth-order valence-electron chi connectivity index (χ4n) is 2.37. The number of rotatable bonds is 8. The van der Waals surface area contributed by atoms with Crippen LogP contribution in [0.2, 0.25) is 0 Å². The number of unbranched alkanes of at least 4 members (excludes halogenated alkanes) is 3. The minimum atomic E-state index is 0.0302. The van der Waals surface area contributed by atoms with Gasteiger partial charge in [-0.1, -0.05) is 19.4 Å². The molecular formula is C15H26N2O2. The number of carbonyl (C=O) groups excluding carboxylic acids is 2. The second-order valence-electron chi connectivity index (χ2n) is 5.41. The van der Waals surface area contributed by atoms with Crippen molar-refractivity contribution >= 4 is 11.8 Å². The molecule has 0 unspecified atom stereocenters. The lowest BCUT2D eigenvalue weighted by Gasteiger charge is -2.17. The van der Waals surface area contributed by atoms with Crippen LogP contribution in [0.3, 0.4) is 0 Å². The first-order valence-electron chi connectivity index (χ1n) is 7.21. The van der Waals surface area contributed by atoms with Crippen molar-refractivity contribution < 1.29 is 9.59 Å². The van der Waals surface area contributed by atoms with Gasteiger partial charge in [-0.15, -0.1) is 0 Å². The van der Waals surface area contributed by atoms with Gasteiger partial charge in [0.05, 0.1) is 0 Å². The summed E-state index contributed by atoms with van der Waals surface area (Å²) in [5.41, 5.74) is 0.593. The second-order valence-corrected chi connectivity index (χ2v) is 5.41. The molecule has 19 heavy (non-hydrogen) atoms. The van der Waals surface area contributed by atoms with Crippen molar-refractivity contribution in [2.24, 2.45) is 0 Å². The summed E-state index contributed by atoms with van der Waals surface area (Å²) in [6, 6.07) is 0. The normalized spacial score (nSPS) is 14.8. The Kier molecular flexibility index (Phi) is 6.60. The predicted molar refractivity (Wildman–Crippen MR) is 76.7 cm³/mol. The molecule has 0 aromatic rings. The fourth-order valence-corrected chi connectivity index (χ4v) is 2.37. The Morgan fingerprint density at radius 1 is 1.32 bits per heavy atom. The van der Waals surface area contributed by atoms with Gasteiger partial charge in [0.2, 0.25) is 11.8 Å². The topological polar surface area (TPSA) is 40.6 Å². The Hall–Kier alpha value is -1.32. The number of nitrogens with zero attached hydrogens (tertiary/aromatic N) is 2. The molecule has 1 rings (SSSR count). The van der Waals surface area contributed by atoms with Crippen LogP contribution >= 0.6 is 0 Å². The van der Waals surface area contributed by atoms with Crippen molar-refractivity contribution in [1.29, 1.82) is 0 Å². The van der Waals surface area contributed by atoms with E-state index in [1.54, 1.807) is 11.8 Å². The van der Waals surface area contributed by atoms with Gasteiger partial charge in [0, 0.05) is 38.7 Å². The predicted octanol–water partition coefficient (Wildman–Crippen LogP) is 2.20. The molecule has 1 fully saturated rings. The Bertz CT molecular complexity index is 339. The molecule has 4 nitrogen and oxygen atoms in total. The maximum atomic E-state index is 11.6. The third kappa shape index (κ3) is 5.45. The minimum Gasteiger partial charge on any atom is -0.343 e. The molecule has 0 atom stereocenters. The number of carbonyl (C=O) groups is 2. The molecule has 1 aliphatic rings. The van der Waals surface area contributed by atoms with E-state index in [2.05, 4.69) is 6.58 Å². The molecule has 0 aromatic heterocycles. The molecule has 0 N–H and O–H groups in total. The first-order valence-corrected chi connectivity index (χ1v) is 7.21. The van der Waals surface area contributed by atoms with Crippen LogP contribution in [0.5, 0.6) is 0 Å². The van der Waals surface area contributed by atoms with Crippen LogP contribution in [0.4, 0.5) is 0 Å². The SMILES string of the molecule is C=C(C)C(=O)N(C)CCCCCCN1CCCC1=O. The van der Waals surface area contributed by atoms with Crippen LogP contribution in [0.1, 0.15) is 45.4 Å². The molecule has 1 aliphatic heterocycles. The third-order valence-electron chi connectivity index (χ3n) is 3.55. The number of likely N-dealkylation sites (tertiary alicyclic amines) is 1.